The summed E-state index contributed by atoms with van der Waals surface area (Å²) in [5.41, 5.74) is 10.2. The van der Waals surface area contributed by atoms with Gasteiger partial charge in [-0.05, 0) is 43.5 Å². The van der Waals surface area contributed by atoms with Crippen molar-refractivity contribution in [2.45, 2.75) is 26.8 Å². The number of fused-ring (bicyclic) bond motifs is 1. The maximum atomic E-state index is 12.9. The third-order valence-electron chi connectivity index (χ3n) is 3.97. The number of aryl methyl sites for hydroxylation is 3. The van der Waals surface area contributed by atoms with Gasteiger partial charge in [-0.25, -0.2) is 14.4 Å². The second kappa shape index (κ2) is 5.16. The standard InChI is InChI=1S/C16H17FN4/c1-10-11(2)21(16-14(10)15(18)19-9-20-16)8-7-12-3-5-13(17)6-4-12/h3-6,9H,7-8H2,1-2H3,(H2,18,19,20). The average Bonchev–Trinajstić information content (AvgIpc) is 2.72. The van der Waals surface area contributed by atoms with Crippen LogP contribution >= 0.6 is 0 Å². The molecule has 2 heterocycles. The highest BCUT2D eigenvalue weighted by molar-refractivity contribution is 5.90. The van der Waals surface area contributed by atoms with Gasteiger partial charge in [0, 0.05) is 12.2 Å². The Hall–Kier alpha value is -2.43. The van der Waals surface area contributed by atoms with E-state index in [-0.39, 0.29) is 5.82 Å². The lowest BCUT2D eigenvalue weighted by Gasteiger charge is -2.08. The number of halogens is 1. The first kappa shape index (κ1) is 13.5. The van der Waals surface area contributed by atoms with Crippen molar-refractivity contribution in [3.05, 3.63) is 53.2 Å². The van der Waals surface area contributed by atoms with Gasteiger partial charge in [-0.3, -0.25) is 0 Å². The summed E-state index contributed by atoms with van der Waals surface area (Å²) in [4.78, 5) is 8.42. The van der Waals surface area contributed by atoms with E-state index in [1.54, 1.807) is 0 Å². The van der Waals surface area contributed by atoms with Crippen LogP contribution in [-0.2, 0) is 13.0 Å². The summed E-state index contributed by atoms with van der Waals surface area (Å²) in [6.45, 7) is 4.87. The lowest BCUT2D eigenvalue weighted by Crippen LogP contribution is -2.04. The normalized spacial score (nSPS) is 11.2. The molecule has 0 bridgehead atoms. The van der Waals surface area contributed by atoms with E-state index >= 15 is 0 Å². The number of benzene rings is 1. The van der Waals surface area contributed by atoms with Crippen molar-refractivity contribution in [3.8, 4) is 0 Å². The molecule has 0 saturated carbocycles. The minimum Gasteiger partial charge on any atom is -0.383 e. The fourth-order valence-electron chi connectivity index (χ4n) is 2.66. The minimum absolute atomic E-state index is 0.210. The molecule has 0 fully saturated rings. The molecule has 1 aromatic carbocycles. The van der Waals surface area contributed by atoms with E-state index in [1.807, 2.05) is 19.1 Å². The third-order valence-corrected chi connectivity index (χ3v) is 3.97. The topological polar surface area (TPSA) is 56.7 Å². The molecule has 3 aromatic rings. The van der Waals surface area contributed by atoms with Crippen molar-refractivity contribution < 1.29 is 4.39 Å². The molecule has 4 nitrogen and oxygen atoms in total. The fraction of sp³-hybridized carbons (Fsp3) is 0.250. The smallest absolute Gasteiger partial charge is 0.145 e. The molecule has 21 heavy (non-hydrogen) atoms. The second-order valence-electron chi connectivity index (χ2n) is 5.20. The van der Waals surface area contributed by atoms with Crippen molar-refractivity contribution in [3.63, 3.8) is 0 Å². The van der Waals surface area contributed by atoms with Crippen molar-refractivity contribution in [1.29, 1.82) is 0 Å². The SMILES string of the molecule is Cc1c(C)n(CCc2ccc(F)cc2)c2ncnc(N)c12. The Kier molecular flexibility index (Phi) is 3.33. The maximum absolute atomic E-state index is 12.9. The van der Waals surface area contributed by atoms with Crippen LogP contribution in [0.15, 0.2) is 30.6 Å². The summed E-state index contributed by atoms with van der Waals surface area (Å²) in [7, 11) is 0. The maximum Gasteiger partial charge on any atom is 0.145 e. The van der Waals surface area contributed by atoms with Crippen molar-refractivity contribution in [2.24, 2.45) is 0 Å². The Morgan fingerprint density at radius 3 is 2.57 bits per heavy atom. The average molecular weight is 284 g/mol. The molecule has 0 spiro atoms. The molecule has 0 aliphatic rings. The van der Waals surface area contributed by atoms with Crippen molar-refractivity contribution in [1.82, 2.24) is 14.5 Å². The first-order chi connectivity index (χ1) is 10.1. The Labute approximate surface area is 122 Å². The highest BCUT2D eigenvalue weighted by Crippen LogP contribution is 2.27. The van der Waals surface area contributed by atoms with Gasteiger partial charge >= 0.3 is 0 Å². The van der Waals surface area contributed by atoms with Crippen LogP contribution in [0.25, 0.3) is 11.0 Å². The highest BCUT2D eigenvalue weighted by Gasteiger charge is 2.14. The van der Waals surface area contributed by atoms with E-state index in [0.29, 0.717) is 5.82 Å². The Balaban J connectivity index is 1.95. The van der Waals surface area contributed by atoms with Gasteiger partial charge in [0.25, 0.3) is 0 Å². The number of aromatic nitrogens is 3. The summed E-state index contributed by atoms with van der Waals surface area (Å²) in [6, 6.07) is 6.60. The van der Waals surface area contributed by atoms with Gasteiger partial charge in [0.05, 0.1) is 5.39 Å². The molecule has 3 rings (SSSR count). The molecular weight excluding hydrogens is 267 g/mol. The Morgan fingerprint density at radius 1 is 1.14 bits per heavy atom. The van der Waals surface area contributed by atoms with E-state index in [1.165, 1.54) is 18.5 Å². The van der Waals surface area contributed by atoms with Gasteiger partial charge in [0.2, 0.25) is 0 Å². The zero-order valence-electron chi connectivity index (χ0n) is 12.1. The van der Waals surface area contributed by atoms with Crippen LogP contribution in [0.5, 0.6) is 0 Å². The molecule has 0 radical (unpaired) electrons. The van der Waals surface area contributed by atoms with Crippen molar-refractivity contribution in [2.75, 3.05) is 5.73 Å². The molecule has 0 amide bonds. The summed E-state index contributed by atoms with van der Waals surface area (Å²) in [6.07, 6.45) is 2.30. The number of rotatable bonds is 3. The zero-order valence-corrected chi connectivity index (χ0v) is 12.1. The van der Waals surface area contributed by atoms with Gasteiger partial charge in [-0.1, -0.05) is 12.1 Å². The highest BCUT2D eigenvalue weighted by atomic mass is 19.1. The lowest BCUT2D eigenvalue weighted by atomic mass is 10.1. The van der Waals surface area contributed by atoms with Gasteiger partial charge in [0.15, 0.2) is 0 Å². The van der Waals surface area contributed by atoms with Crippen LogP contribution in [0.1, 0.15) is 16.8 Å². The second-order valence-corrected chi connectivity index (χ2v) is 5.20. The van der Waals surface area contributed by atoms with E-state index < -0.39 is 0 Å². The van der Waals surface area contributed by atoms with Crippen LogP contribution in [0.3, 0.4) is 0 Å². The van der Waals surface area contributed by atoms with Crippen LogP contribution in [0.4, 0.5) is 10.2 Å². The van der Waals surface area contributed by atoms with E-state index in [4.69, 9.17) is 5.73 Å². The minimum atomic E-state index is -0.210. The number of nitrogens with zero attached hydrogens (tertiary/aromatic N) is 3. The molecule has 0 aliphatic carbocycles. The molecule has 0 unspecified atom stereocenters. The van der Waals surface area contributed by atoms with Crippen molar-refractivity contribution >= 4 is 16.9 Å². The summed E-state index contributed by atoms with van der Waals surface area (Å²) < 4.78 is 15.1. The number of nitrogen functional groups attached to an aromatic ring is 1. The van der Waals surface area contributed by atoms with E-state index in [0.717, 1.165) is 40.8 Å². The van der Waals surface area contributed by atoms with E-state index in [9.17, 15) is 4.39 Å². The number of hydrogen-bond acceptors (Lipinski definition) is 3. The molecule has 5 heteroatoms. The summed E-state index contributed by atoms with van der Waals surface area (Å²) >= 11 is 0. The number of nitrogens with two attached hydrogens (primary N) is 1. The van der Waals surface area contributed by atoms with Crippen LogP contribution in [0.2, 0.25) is 0 Å². The summed E-state index contributed by atoms with van der Waals surface area (Å²) in [5.74, 6) is 0.304. The zero-order chi connectivity index (χ0) is 15.0. The molecule has 0 saturated heterocycles. The van der Waals surface area contributed by atoms with Gasteiger partial charge in [-0.15, -0.1) is 0 Å². The summed E-state index contributed by atoms with van der Waals surface area (Å²) in [5, 5.41) is 0.925. The molecule has 0 atom stereocenters. The Bertz CT molecular complexity index is 790. The quantitative estimate of drug-likeness (QED) is 0.804. The molecule has 2 N–H and O–H groups in total. The third kappa shape index (κ3) is 2.35. The van der Waals surface area contributed by atoms with Crippen LogP contribution < -0.4 is 5.73 Å². The molecule has 0 aliphatic heterocycles. The largest absolute Gasteiger partial charge is 0.383 e. The Morgan fingerprint density at radius 2 is 1.86 bits per heavy atom. The number of anilines is 1. The van der Waals surface area contributed by atoms with E-state index in [2.05, 4.69) is 21.5 Å². The first-order valence-corrected chi connectivity index (χ1v) is 6.88. The number of hydrogen-bond donors (Lipinski definition) is 1. The van der Waals surface area contributed by atoms with Gasteiger partial charge < -0.3 is 10.3 Å². The monoisotopic (exact) mass is 284 g/mol. The predicted molar refractivity (Wildman–Crippen MR) is 81.5 cm³/mol. The molecule has 108 valence electrons. The molecule has 2 aromatic heterocycles. The van der Waals surface area contributed by atoms with Gasteiger partial charge in [0.1, 0.15) is 23.6 Å². The van der Waals surface area contributed by atoms with Gasteiger partial charge in [-0.2, -0.15) is 0 Å². The van der Waals surface area contributed by atoms with Crippen LogP contribution in [0, 0.1) is 19.7 Å². The van der Waals surface area contributed by atoms with Crippen LogP contribution in [-0.4, -0.2) is 14.5 Å². The first-order valence-electron chi connectivity index (χ1n) is 6.88. The fourth-order valence-corrected chi connectivity index (χ4v) is 2.66. The molecular formula is C16H17FN4. The predicted octanol–water partition coefficient (Wildman–Crippen LogP) is 3.01. The lowest BCUT2D eigenvalue weighted by molar-refractivity contribution is 0.625.